The van der Waals surface area contributed by atoms with Gasteiger partial charge in [-0.05, 0) is 30.7 Å². The highest BCUT2D eigenvalue weighted by Crippen LogP contribution is 2.20. The quantitative estimate of drug-likeness (QED) is 0.156. The molecule has 180 valence electrons. The summed E-state index contributed by atoms with van der Waals surface area (Å²) < 4.78 is 0. The summed E-state index contributed by atoms with van der Waals surface area (Å²) in [7, 11) is 0. The number of rotatable bonds is 10. The third kappa shape index (κ3) is 5.79. The van der Waals surface area contributed by atoms with Crippen molar-refractivity contribution in [3.05, 3.63) is 40.2 Å². The zero-order valence-electron chi connectivity index (χ0n) is 17.7. The first-order valence-electron chi connectivity index (χ1n) is 10.1. The Kier molecular flexibility index (Phi) is 7.30. The summed E-state index contributed by atoms with van der Waals surface area (Å²) in [6.45, 7) is 0.899. The number of H-pyrrole nitrogens is 1. The number of amides is 1. The molecule has 9 N–H and O–H groups in total. The molecule has 1 aromatic heterocycles. The van der Waals surface area contributed by atoms with Crippen LogP contribution < -0.4 is 32.6 Å². The molecule has 3 rings (SSSR count). The molecule has 2 heterocycles. The van der Waals surface area contributed by atoms with Gasteiger partial charge in [0.15, 0.2) is 5.82 Å². The van der Waals surface area contributed by atoms with Crippen molar-refractivity contribution in [2.45, 2.75) is 18.5 Å². The number of nitrogen functional groups attached to an aromatic ring is 1. The topological polar surface area (TPSA) is 229 Å². The Hall–Kier alpha value is -4.62. The van der Waals surface area contributed by atoms with Crippen molar-refractivity contribution < 1.29 is 29.4 Å². The first-order valence-corrected chi connectivity index (χ1v) is 10.1. The number of aldehydes is 1. The number of aliphatic carboxylic acids is 2. The summed E-state index contributed by atoms with van der Waals surface area (Å²) in [5.74, 6) is -4.82. The molecule has 2 aromatic rings. The van der Waals surface area contributed by atoms with E-state index in [4.69, 9.17) is 10.8 Å². The summed E-state index contributed by atoms with van der Waals surface area (Å²) in [6.07, 6.45) is -0.446. The van der Waals surface area contributed by atoms with Gasteiger partial charge in [0.05, 0.1) is 6.04 Å². The van der Waals surface area contributed by atoms with Crippen LogP contribution in [-0.4, -0.2) is 69.5 Å². The SMILES string of the molecule is Nc1nc2c(c(=O)[nH]1)N[C@H](CNc1ccc(C(=O)N[C@@H](C[C@@H](C=O)C(=O)O)C(=O)O)cc1)CN2. The van der Waals surface area contributed by atoms with Gasteiger partial charge in [-0.2, -0.15) is 4.98 Å². The van der Waals surface area contributed by atoms with Crippen LogP contribution in [0.25, 0.3) is 0 Å². The minimum Gasteiger partial charge on any atom is -0.481 e. The number of fused-ring (bicyclic) bond motifs is 1. The molecule has 0 fully saturated rings. The van der Waals surface area contributed by atoms with Crippen molar-refractivity contribution in [2.24, 2.45) is 5.92 Å². The second-order valence-electron chi connectivity index (χ2n) is 7.54. The molecule has 0 unspecified atom stereocenters. The smallest absolute Gasteiger partial charge is 0.326 e. The molecule has 0 bridgehead atoms. The molecule has 1 aliphatic heterocycles. The van der Waals surface area contributed by atoms with E-state index in [1.54, 1.807) is 12.1 Å². The third-order valence-electron chi connectivity index (χ3n) is 5.08. The number of nitrogens with one attached hydrogen (secondary N) is 5. The Balaban J connectivity index is 1.56. The predicted octanol–water partition coefficient (Wildman–Crippen LogP) is -0.857. The van der Waals surface area contributed by atoms with Gasteiger partial charge >= 0.3 is 11.9 Å². The molecule has 0 aliphatic carbocycles. The summed E-state index contributed by atoms with van der Waals surface area (Å²) >= 11 is 0. The van der Waals surface area contributed by atoms with E-state index in [9.17, 15) is 29.1 Å². The fourth-order valence-corrected chi connectivity index (χ4v) is 3.26. The van der Waals surface area contributed by atoms with Crippen molar-refractivity contribution in [3.63, 3.8) is 0 Å². The maximum absolute atomic E-state index is 12.4. The van der Waals surface area contributed by atoms with Crippen molar-refractivity contribution in [3.8, 4) is 0 Å². The first kappa shape index (κ1) is 24.0. The van der Waals surface area contributed by atoms with E-state index in [1.807, 2.05) is 0 Å². The van der Waals surface area contributed by atoms with E-state index in [0.717, 1.165) is 0 Å². The van der Waals surface area contributed by atoms with Gasteiger partial charge in [0.1, 0.15) is 23.9 Å². The number of aromatic amines is 1. The van der Waals surface area contributed by atoms with Crippen LogP contribution in [0.15, 0.2) is 29.1 Å². The van der Waals surface area contributed by atoms with Crippen LogP contribution in [0.2, 0.25) is 0 Å². The van der Waals surface area contributed by atoms with E-state index in [1.165, 1.54) is 12.1 Å². The van der Waals surface area contributed by atoms with Crippen molar-refractivity contribution in [1.29, 1.82) is 0 Å². The third-order valence-corrected chi connectivity index (χ3v) is 5.08. The van der Waals surface area contributed by atoms with E-state index in [0.29, 0.717) is 24.6 Å². The lowest BCUT2D eigenvalue weighted by Gasteiger charge is -2.27. The minimum absolute atomic E-state index is 0.0128. The highest BCUT2D eigenvalue weighted by atomic mass is 16.4. The summed E-state index contributed by atoms with van der Waals surface area (Å²) in [5.41, 5.74) is 6.23. The van der Waals surface area contributed by atoms with Gasteiger partial charge in [-0.3, -0.25) is 19.4 Å². The number of hydrogen-bond acceptors (Lipinski definition) is 10. The molecule has 1 aromatic carbocycles. The first-order chi connectivity index (χ1) is 16.2. The van der Waals surface area contributed by atoms with E-state index >= 15 is 0 Å². The molecule has 1 aliphatic rings. The molecular weight excluding hydrogens is 450 g/mol. The van der Waals surface area contributed by atoms with Crippen LogP contribution in [0.5, 0.6) is 0 Å². The van der Waals surface area contributed by atoms with E-state index < -0.39 is 41.8 Å². The van der Waals surface area contributed by atoms with Gasteiger partial charge in [0.25, 0.3) is 11.5 Å². The number of nitrogens with zero attached hydrogens (tertiary/aromatic N) is 1. The molecule has 0 saturated heterocycles. The van der Waals surface area contributed by atoms with Crippen molar-refractivity contribution in [2.75, 3.05) is 34.8 Å². The molecule has 0 saturated carbocycles. The summed E-state index contributed by atoms with van der Waals surface area (Å²) in [4.78, 5) is 64.0. The van der Waals surface area contributed by atoms with E-state index in [-0.39, 0.29) is 29.5 Å². The number of hydrogen-bond donors (Lipinski definition) is 8. The van der Waals surface area contributed by atoms with E-state index in [2.05, 4.69) is 31.2 Å². The Bertz CT molecular complexity index is 1150. The average molecular weight is 473 g/mol. The number of benzene rings is 1. The molecule has 3 atom stereocenters. The molecule has 14 nitrogen and oxygen atoms in total. The number of carboxylic acid groups (broad SMARTS) is 2. The Morgan fingerprint density at radius 1 is 1.21 bits per heavy atom. The Morgan fingerprint density at radius 3 is 2.53 bits per heavy atom. The number of nitrogens with two attached hydrogens (primary N) is 1. The van der Waals surface area contributed by atoms with Gasteiger partial charge in [0, 0.05) is 24.3 Å². The molecular formula is C20H23N7O7. The van der Waals surface area contributed by atoms with Crippen molar-refractivity contribution in [1.82, 2.24) is 15.3 Å². The zero-order valence-corrected chi connectivity index (χ0v) is 17.7. The van der Waals surface area contributed by atoms with Crippen LogP contribution in [0.4, 0.5) is 23.1 Å². The lowest BCUT2D eigenvalue weighted by atomic mass is 10.0. The van der Waals surface area contributed by atoms with Gasteiger partial charge < -0.3 is 42.0 Å². The molecule has 0 spiro atoms. The summed E-state index contributed by atoms with van der Waals surface area (Å²) in [5, 5.41) is 29.7. The number of carboxylic acids is 2. The second-order valence-corrected chi connectivity index (χ2v) is 7.54. The maximum atomic E-state index is 12.4. The van der Waals surface area contributed by atoms with Crippen LogP contribution >= 0.6 is 0 Å². The van der Waals surface area contributed by atoms with Gasteiger partial charge in [-0.25, -0.2) is 4.79 Å². The molecule has 14 heteroatoms. The number of anilines is 4. The maximum Gasteiger partial charge on any atom is 0.326 e. The number of aromatic nitrogens is 2. The fourth-order valence-electron chi connectivity index (χ4n) is 3.26. The van der Waals surface area contributed by atoms with Crippen molar-refractivity contribution >= 4 is 47.3 Å². The van der Waals surface area contributed by atoms with Crippen LogP contribution in [0.1, 0.15) is 16.8 Å². The number of carbonyl (C=O) groups is 4. The molecule has 0 radical (unpaired) electrons. The lowest BCUT2D eigenvalue weighted by Crippen LogP contribution is -2.43. The monoisotopic (exact) mass is 473 g/mol. The van der Waals surface area contributed by atoms with Gasteiger partial charge in [-0.15, -0.1) is 0 Å². The zero-order chi connectivity index (χ0) is 24.8. The highest BCUT2D eigenvalue weighted by molar-refractivity contribution is 5.97. The highest BCUT2D eigenvalue weighted by Gasteiger charge is 2.28. The van der Waals surface area contributed by atoms with Gasteiger partial charge in [0.2, 0.25) is 5.95 Å². The number of carbonyl (C=O) groups excluding carboxylic acids is 2. The van der Waals surface area contributed by atoms with Crippen LogP contribution in [-0.2, 0) is 14.4 Å². The predicted molar refractivity (Wildman–Crippen MR) is 121 cm³/mol. The lowest BCUT2D eigenvalue weighted by molar-refractivity contribution is -0.145. The fraction of sp³-hybridized carbons (Fsp3) is 0.300. The van der Waals surface area contributed by atoms with Gasteiger partial charge in [-0.1, -0.05) is 0 Å². The average Bonchev–Trinajstić information content (AvgIpc) is 2.80. The second kappa shape index (κ2) is 10.3. The van der Waals surface area contributed by atoms with Crippen LogP contribution in [0.3, 0.4) is 0 Å². The molecule has 1 amide bonds. The van der Waals surface area contributed by atoms with Crippen LogP contribution in [0, 0.1) is 5.92 Å². The normalized spacial score (nSPS) is 16.1. The largest absolute Gasteiger partial charge is 0.481 e. The Morgan fingerprint density at radius 2 is 1.91 bits per heavy atom. The summed E-state index contributed by atoms with van der Waals surface area (Å²) in [6, 6.07) is 4.44. The Labute approximate surface area is 192 Å². The standard InChI is InChI=1S/C20H23N7O7/c21-20-26-15-14(17(30)27-20)24-12(7-23-15)6-22-11-3-1-9(2-4-11)16(29)25-13(19(33)34)5-10(8-28)18(31)32/h1-4,8,10,12-13,22,24H,5-7H2,(H,25,29)(H,31,32)(H,33,34)(H4,21,23,26,27,30)/t10-,12+,13-/m0/s1. The minimum atomic E-state index is -1.55. The molecule has 34 heavy (non-hydrogen) atoms.